The smallest absolute Gasteiger partial charge is 0.0640 e. The van der Waals surface area contributed by atoms with Crippen molar-refractivity contribution in [3.8, 4) is 0 Å². The summed E-state index contributed by atoms with van der Waals surface area (Å²) in [5.41, 5.74) is 3.90. The summed E-state index contributed by atoms with van der Waals surface area (Å²) in [6.45, 7) is 3.30. The van der Waals surface area contributed by atoms with Crippen LogP contribution in [0.25, 0.3) is 0 Å². The van der Waals surface area contributed by atoms with Crippen LogP contribution in [0.1, 0.15) is 24.1 Å². The lowest BCUT2D eigenvalue weighted by Crippen LogP contribution is -2.19. The number of aryl methyl sites for hydroxylation is 1. The molecule has 0 bridgehead atoms. The fraction of sp³-hybridized carbons (Fsp3) is 0.545. The van der Waals surface area contributed by atoms with Crippen LogP contribution < -0.4 is 4.90 Å². The zero-order valence-electron chi connectivity index (χ0n) is 8.68. The number of halogens is 1. The van der Waals surface area contributed by atoms with Crippen LogP contribution in [-0.2, 0) is 6.42 Å². The van der Waals surface area contributed by atoms with Gasteiger partial charge in [-0.2, -0.15) is 0 Å². The van der Waals surface area contributed by atoms with E-state index in [0.29, 0.717) is 0 Å². The van der Waals surface area contributed by atoms with Crippen molar-refractivity contribution >= 4 is 21.6 Å². The van der Waals surface area contributed by atoms with Crippen molar-refractivity contribution in [2.75, 3.05) is 18.5 Å². The molecule has 0 atom stereocenters. The number of rotatable bonds is 0. The Morgan fingerprint density at radius 1 is 1.43 bits per heavy atom. The zero-order valence-corrected chi connectivity index (χ0v) is 10.3. The molecular weight excluding hydrogens is 240 g/mol. The SMILES string of the molecule is Cc1c(Br)cnc2c1N(C)CCCC2. The molecular formula is C11H15BrN2. The molecule has 0 radical (unpaired) electrons. The minimum absolute atomic E-state index is 1.12. The van der Waals surface area contributed by atoms with E-state index in [2.05, 4.69) is 39.8 Å². The first-order valence-electron chi connectivity index (χ1n) is 5.05. The van der Waals surface area contributed by atoms with Crippen molar-refractivity contribution in [2.45, 2.75) is 26.2 Å². The molecule has 76 valence electrons. The van der Waals surface area contributed by atoms with Crippen molar-refractivity contribution in [3.05, 3.63) is 21.9 Å². The van der Waals surface area contributed by atoms with E-state index in [-0.39, 0.29) is 0 Å². The van der Waals surface area contributed by atoms with Gasteiger partial charge in [-0.1, -0.05) is 0 Å². The molecule has 0 amide bonds. The van der Waals surface area contributed by atoms with Crippen LogP contribution in [0.4, 0.5) is 5.69 Å². The van der Waals surface area contributed by atoms with E-state index >= 15 is 0 Å². The Kier molecular flexibility index (Phi) is 2.77. The van der Waals surface area contributed by atoms with Gasteiger partial charge in [0.1, 0.15) is 0 Å². The van der Waals surface area contributed by atoms with E-state index in [9.17, 15) is 0 Å². The number of hydrogen-bond acceptors (Lipinski definition) is 2. The first-order chi connectivity index (χ1) is 6.70. The highest BCUT2D eigenvalue weighted by molar-refractivity contribution is 9.10. The predicted octanol–water partition coefficient (Wildman–Crippen LogP) is 2.93. The molecule has 0 aromatic carbocycles. The zero-order chi connectivity index (χ0) is 10.1. The predicted molar refractivity (Wildman–Crippen MR) is 62.9 cm³/mol. The topological polar surface area (TPSA) is 16.1 Å². The van der Waals surface area contributed by atoms with Gasteiger partial charge in [0.25, 0.3) is 0 Å². The van der Waals surface area contributed by atoms with Crippen molar-refractivity contribution in [2.24, 2.45) is 0 Å². The van der Waals surface area contributed by atoms with Crippen molar-refractivity contribution in [1.82, 2.24) is 4.98 Å². The second kappa shape index (κ2) is 3.89. The highest BCUT2D eigenvalue weighted by Crippen LogP contribution is 2.31. The second-order valence-corrected chi connectivity index (χ2v) is 4.76. The largest absolute Gasteiger partial charge is 0.373 e. The van der Waals surface area contributed by atoms with E-state index in [1.807, 2.05) is 6.20 Å². The van der Waals surface area contributed by atoms with Crippen molar-refractivity contribution in [3.63, 3.8) is 0 Å². The molecule has 1 aromatic rings. The normalized spacial score (nSPS) is 16.4. The Balaban J connectivity index is 2.54. The van der Waals surface area contributed by atoms with Crippen LogP contribution in [0.15, 0.2) is 10.7 Å². The Bertz CT molecular complexity index is 349. The fourth-order valence-electron chi connectivity index (χ4n) is 2.06. The number of nitrogens with zero attached hydrogens (tertiary/aromatic N) is 2. The molecule has 0 N–H and O–H groups in total. The Labute approximate surface area is 93.5 Å². The molecule has 0 unspecified atom stereocenters. The number of pyridine rings is 1. The van der Waals surface area contributed by atoms with Crippen molar-refractivity contribution in [1.29, 1.82) is 0 Å². The average Bonchev–Trinajstić information content (AvgIpc) is 2.35. The highest BCUT2D eigenvalue weighted by atomic mass is 79.9. The third-order valence-corrected chi connectivity index (χ3v) is 3.66. The van der Waals surface area contributed by atoms with Crippen LogP contribution in [0.5, 0.6) is 0 Å². The maximum absolute atomic E-state index is 4.50. The first-order valence-corrected chi connectivity index (χ1v) is 5.84. The fourth-order valence-corrected chi connectivity index (χ4v) is 2.36. The van der Waals surface area contributed by atoms with Crippen molar-refractivity contribution < 1.29 is 0 Å². The van der Waals surface area contributed by atoms with Gasteiger partial charge in [0.05, 0.1) is 11.4 Å². The summed E-state index contributed by atoms with van der Waals surface area (Å²) in [5, 5.41) is 0. The molecule has 2 nitrogen and oxygen atoms in total. The van der Waals surface area contributed by atoms with Crippen LogP contribution in [-0.4, -0.2) is 18.6 Å². The minimum Gasteiger partial charge on any atom is -0.373 e. The number of hydrogen-bond donors (Lipinski definition) is 0. The Morgan fingerprint density at radius 3 is 3.00 bits per heavy atom. The number of aromatic nitrogens is 1. The maximum atomic E-state index is 4.50. The Morgan fingerprint density at radius 2 is 2.21 bits per heavy atom. The molecule has 0 saturated heterocycles. The first kappa shape index (κ1) is 9.97. The molecule has 1 aromatic heterocycles. The summed E-state index contributed by atoms with van der Waals surface area (Å²) in [4.78, 5) is 6.83. The van der Waals surface area contributed by atoms with Gasteiger partial charge >= 0.3 is 0 Å². The molecule has 3 heteroatoms. The standard InChI is InChI=1S/C11H15BrN2/c1-8-9(12)7-13-10-5-3-4-6-14(2)11(8)10/h7H,3-6H2,1-2H3. The molecule has 0 fully saturated rings. The maximum Gasteiger partial charge on any atom is 0.0640 e. The van der Waals surface area contributed by atoms with Gasteiger partial charge in [0, 0.05) is 24.3 Å². The Hall–Kier alpha value is -0.570. The minimum atomic E-state index is 1.12. The van der Waals surface area contributed by atoms with Crippen LogP contribution in [0.2, 0.25) is 0 Å². The lowest BCUT2D eigenvalue weighted by atomic mass is 10.1. The van der Waals surface area contributed by atoms with E-state index in [4.69, 9.17) is 0 Å². The van der Waals surface area contributed by atoms with Gasteiger partial charge in [-0.05, 0) is 47.7 Å². The molecule has 2 heterocycles. The van der Waals surface area contributed by atoms with Gasteiger partial charge in [0.15, 0.2) is 0 Å². The molecule has 0 spiro atoms. The summed E-state index contributed by atoms with van der Waals surface area (Å²) >= 11 is 3.54. The molecule has 0 saturated carbocycles. The third-order valence-electron chi connectivity index (χ3n) is 2.86. The third kappa shape index (κ3) is 1.65. The molecule has 1 aliphatic rings. The van der Waals surface area contributed by atoms with E-state index in [0.717, 1.165) is 17.4 Å². The summed E-state index contributed by atoms with van der Waals surface area (Å²) in [7, 11) is 2.16. The highest BCUT2D eigenvalue weighted by Gasteiger charge is 2.16. The number of fused-ring (bicyclic) bond motifs is 1. The summed E-state index contributed by atoms with van der Waals surface area (Å²) in [6.07, 6.45) is 5.57. The average molecular weight is 255 g/mol. The quantitative estimate of drug-likeness (QED) is 0.708. The van der Waals surface area contributed by atoms with E-state index in [1.165, 1.54) is 29.8 Å². The summed E-state index contributed by atoms with van der Waals surface area (Å²) < 4.78 is 1.12. The second-order valence-electron chi connectivity index (χ2n) is 3.91. The van der Waals surface area contributed by atoms with Gasteiger partial charge in [0.2, 0.25) is 0 Å². The van der Waals surface area contributed by atoms with E-state index in [1.54, 1.807) is 0 Å². The lowest BCUT2D eigenvalue weighted by molar-refractivity contribution is 0.744. The van der Waals surface area contributed by atoms with Gasteiger partial charge in [-0.3, -0.25) is 4.98 Å². The number of anilines is 1. The molecule has 1 aliphatic heterocycles. The van der Waals surface area contributed by atoms with Crippen LogP contribution in [0, 0.1) is 6.92 Å². The molecule has 14 heavy (non-hydrogen) atoms. The monoisotopic (exact) mass is 254 g/mol. The molecule has 2 rings (SSSR count). The lowest BCUT2D eigenvalue weighted by Gasteiger charge is -2.21. The van der Waals surface area contributed by atoms with Crippen LogP contribution in [0.3, 0.4) is 0 Å². The summed E-state index contributed by atoms with van der Waals surface area (Å²) in [6, 6.07) is 0. The van der Waals surface area contributed by atoms with E-state index < -0.39 is 0 Å². The van der Waals surface area contributed by atoms with Gasteiger partial charge in [-0.25, -0.2) is 0 Å². The van der Waals surface area contributed by atoms with Gasteiger partial charge < -0.3 is 4.90 Å². The molecule has 0 aliphatic carbocycles. The van der Waals surface area contributed by atoms with Gasteiger partial charge in [-0.15, -0.1) is 0 Å². The van der Waals surface area contributed by atoms with Crippen LogP contribution >= 0.6 is 15.9 Å². The summed E-state index contributed by atoms with van der Waals surface area (Å²) in [5.74, 6) is 0.